The zero-order valence-corrected chi connectivity index (χ0v) is 15.5. The highest BCUT2D eigenvalue weighted by atomic mass is 16.3. The highest BCUT2D eigenvalue weighted by molar-refractivity contribution is 6.09. The summed E-state index contributed by atoms with van der Waals surface area (Å²) in [6, 6.07) is 19.7. The Labute approximate surface area is 162 Å². The van der Waals surface area contributed by atoms with Gasteiger partial charge in [0.05, 0.1) is 0 Å². The number of benzene rings is 2. The van der Waals surface area contributed by atoms with Gasteiger partial charge in [0.25, 0.3) is 5.91 Å². The summed E-state index contributed by atoms with van der Waals surface area (Å²) in [5.74, 6) is 0.460. The molecule has 0 aliphatic heterocycles. The minimum atomic E-state index is -0.505. The maximum atomic E-state index is 12.3. The lowest BCUT2D eigenvalue weighted by Crippen LogP contribution is -2.13. The second-order valence-corrected chi connectivity index (χ2v) is 6.33. The third-order valence-electron chi connectivity index (χ3n) is 4.16. The predicted octanol–water partition coefficient (Wildman–Crippen LogP) is 5.00. The molecule has 0 saturated heterocycles. The Bertz CT molecular complexity index is 1080. The molecular formula is C23H18N2O3. The van der Waals surface area contributed by atoms with Gasteiger partial charge >= 0.3 is 0 Å². The van der Waals surface area contributed by atoms with E-state index in [1.54, 1.807) is 48.5 Å². The van der Waals surface area contributed by atoms with Gasteiger partial charge in [-0.15, -0.1) is 0 Å². The van der Waals surface area contributed by atoms with Gasteiger partial charge in [0, 0.05) is 22.9 Å². The van der Waals surface area contributed by atoms with Crippen LogP contribution in [0.15, 0.2) is 70.7 Å². The molecule has 0 fully saturated rings. The van der Waals surface area contributed by atoms with E-state index in [9.17, 15) is 14.9 Å². The van der Waals surface area contributed by atoms with Crippen LogP contribution in [0.3, 0.4) is 0 Å². The fourth-order valence-corrected chi connectivity index (χ4v) is 2.58. The minimum absolute atomic E-state index is 0.00660. The van der Waals surface area contributed by atoms with E-state index < -0.39 is 5.91 Å². The van der Waals surface area contributed by atoms with Crippen LogP contribution in [0.25, 0.3) is 17.4 Å². The van der Waals surface area contributed by atoms with Gasteiger partial charge in [-0.3, -0.25) is 9.59 Å². The Balaban J connectivity index is 1.78. The molecule has 1 N–H and O–H groups in total. The van der Waals surface area contributed by atoms with Gasteiger partial charge in [-0.25, -0.2) is 0 Å². The van der Waals surface area contributed by atoms with E-state index in [1.807, 2.05) is 25.1 Å². The summed E-state index contributed by atoms with van der Waals surface area (Å²) in [6.45, 7) is 3.46. The molecule has 1 heterocycles. The Morgan fingerprint density at radius 2 is 1.68 bits per heavy atom. The number of amides is 1. The van der Waals surface area contributed by atoms with Crippen molar-refractivity contribution in [3.63, 3.8) is 0 Å². The highest BCUT2D eigenvalue weighted by Gasteiger charge is 2.12. The first-order valence-corrected chi connectivity index (χ1v) is 8.67. The number of furan rings is 1. The molecule has 0 aliphatic rings. The number of rotatable bonds is 5. The SMILES string of the molecule is CC(=O)c1ccc(-c2ccc(/C=C(/C#N)C(=O)Nc3ccc(C)cc3)o2)cc1. The minimum Gasteiger partial charge on any atom is -0.457 e. The largest absolute Gasteiger partial charge is 0.457 e. The molecule has 5 nitrogen and oxygen atoms in total. The fourth-order valence-electron chi connectivity index (χ4n) is 2.58. The number of nitrogens with zero attached hydrogens (tertiary/aromatic N) is 1. The number of carbonyl (C=O) groups excluding carboxylic acids is 2. The number of aryl methyl sites for hydroxylation is 1. The fraction of sp³-hybridized carbons (Fsp3) is 0.0870. The Morgan fingerprint density at radius 1 is 1.00 bits per heavy atom. The molecule has 138 valence electrons. The molecule has 3 aromatic rings. The van der Waals surface area contributed by atoms with Crippen molar-refractivity contribution < 1.29 is 14.0 Å². The summed E-state index contributed by atoms with van der Waals surface area (Å²) in [4.78, 5) is 23.7. The van der Waals surface area contributed by atoms with Crippen molar-refractivity contribution in [2.24, 2.45) is 0 Å². The molecule has 5 heteroatoms. The highest BCUT2D eigenvalue weighted by Crippen LogP contribution is 2.24. The van der Waals surface area contributed by atoms with Crippen molar-refractivity contribution in [2.45, 2.75) is 13.8 Å². The first kappa shape index (κ1) is 18.9. The van der Waals surface area contributed by atoms with Crippen molar-refractivity contribution in [3.05, 3.63) is 83.1 Å². The second-order valence-electron chi connectivity index (χ2n) is 6.33. The van der Waals surface area contributed by atoms with Crippen molar-refractivity contribution in [1.29, 1.82) is 5.26 Å². The van der Waals surface area contributed by atoms with Gasteiger partial charge in [0.1, 0.15) is 23.2 Å². The number of hydrogen-bond acceptors (Lipinski definition) is 4. The Hall–Kier alpha value is -3.91. The lowest BCUT2D eigenvalue weighted by Gasteiger charge is -2.04. The van der Waals surface area contributed by atoms with E-state index in [-0.39, 0.29) is 11.4 Å². The van der Waals surface area contributed by atoms with E-state index in [1.165, 1.54) is 13.0 Å². The summed E-state index contributed by atoms with van der Waals surface area (Å²) in [5, 5.41) is 12.0. The molecule has 0 radical (unpaired) electrons. The molecule has 1 amide bonds. The lowest BCUT2D eigenvalue weighted by molar-refractivity contribution is -0.112. The molecule has 0 saturated carbocycles. The van der Waals surface area contributed by atoms with Crippen LogP contribution >= 0.6 is 0 Å². The molecule has 3 rings (SSSR count). The summed E-state index contributed by atoms with van der Waals surface area (Å²) in [6.07, 6.45) is 1.40. The average molecular weight is 370 g/mol. The van der Waals surface area contributed by atoms with Crippen LogP contribution in [0.1, 0.15) is 28.6 Å². The van der Waals surface area contributed by atoms with Crippen molar-refractivity contribution in [1.82, 2.24) is 0 Å². The molecule has 2 aromatic carbocycles. The maximum absolute atomic E-state index is 12.3. The van der Waals surface area contributed by atoms with E-state index in [4.69, 9.17) is 4.42 Å². The topological polar surface area (TPSA) is 83.1 Å². The van der Waals surface area contributed by atoms with Crippen molar-refractivity contribution >= 4 is 23.5 Å². The van der Waals surface area contributed by atoms with E-state index in [0.717, 1.165) is 11.1 Å². The standard InChI is InChI=1S/C23H18N2O3/c1-15-3-9-20(10-4-15)25-23(27)19(14-24)13-21-11-12-22(28-21)18-7-5-17(6-8-18)16(2)26/h3-13H,1-2H3,(H,25,27)/b19-13-. The number of nitrogens with one attached hydrogen (secondary N) is 1. The second kappa shape index (κ2) is 8.19. The van der Waals surface area contributed by atoms with Gasteiger partial charge in [0.15, 0.2) is 5.78 Å². The maximum Gasteiger partial charge on any atom is 0.266 e. The number of hydrogen-bond donors (Lipinski definition) is 1. The first-order valence-electron chi connectivity index (χ1n) is 8.67. The normalized spacial score (nSPS) is 11.0. The number of carbonyl (C=O) groups is 2. The van der Waals surface area contributed by atoms with Crippen LogP contribution in [0.4, 0.5) is 5.69 Å². The Morgan fingerprint density at radius 3 is 2.29 bits per heavy atom. The van der Waals surface area contributed by atoms with Gasteiger partial charge in [-0.1, -0.05) is 42.0 Å². The van der Waals surface area contributed by atoms with E-state index in [0.29, 0.717) is 22.8 Å². The summed E-state index contributed by atoms with van der Waals surface area (Å²) >= 11 is 0. The molecule has 0 bridgehead atoms. The van der Waals surface area contributed by atoms with Gasteiger partial charge in [-0.05, 0) is 38.1 Å². The molecule has 0 aliphatic carbocycles. The monoisotopic (exact) mass is 370 g/mol. The quantitative estimate of drug-likeness (QED) is 0.389. The first-order chi connectivity index (χ1) is 13.5. The van der Waals surface area contributed by atoms with Crippen LogP contribution in [-0.4, -0.2) is 11.7 Å². The average Bonchev–Trinajstić information content (AvgIpc) is 3.16. The van der Waals surface area contributed by atoms with Crippen LogP contribution in [0, 0.1) is 18.3 Å². The summed E-state index contributed by atoms with van der Waals surface area (Å²) < 4.78 is 5.73. The predicted molar refractivity (Wildman–Crippen MR) is 108 cm³/mol. The summed E-state index contributed by atoms with van der Waals surface area (Å²) in [7, 11) is 0. The van der Waals surface area contributed by atoms with Gasteiger partial charge in [-0.2, -0.15) is 5.26 Å². The molecule has 0 spiro atoms. The van der Waals surface area contributed by atoms with Crippen LogP contribution in [0.2, 0.25) is 0 Å². The zero-order chi connectivity index (χ0) is 20.1. The zero-order valence-electron chi connectivity index (χ0n) is 15.5. The van der Waals surface area contributed by atoms with Gasteiger partial charge in [0.2, 0.25) is 0 Å². The van der Waals surface area contributed by atoms with E-state index >= 15 is 0 Å². The van der Waals surface area contributed by atoms with Crippen molar-refractivity contribution in [2.75, 3.05) is 5.32 Å². The van der Waals surface area contributed by atoms with Gasteiger partial charge < -0.3 is 9.73 Å². The smallest absolute Gasteiger partial charge is 0.266 e. The van der Waals surface area contributed by atoms with Crippen LogP contribution in [0.5, 0.6) is 0 Å². The molecule has 1 aromatic heterocycles. The van der Waals surface area contributed by atoms with Crippen molar-refractivity contribution in [3.8, 4) is 17.4 Å². The molecule has 28 heavy (non-hydrogen) atoms. The lowest BCUT2D eigenvalue weighted by atomic mass is 10.1. The molecule has 0 unspecified atom stereocenters. The third-order valence-corrected chi connectivity index (χ3v) is 4.16. The third kappa shape index (κ3) is 4.43. The molecule has 0 atom stereocenters. The Kier molecular flexibility index (Phi) is 5.52. The summed E-state index contributed by atoms with van der Waals surface area (Å²) in [5.41, 5.74) is 3.05. The number of ketones is 1. The molecular weight excluding hydrogens is 352 g/mol. The number of anilines is 1. The van der Waals surface area contributed by atoms with E-state index in [2.05, 4.69) is 5.32 Å². The van der Waals surface area contributed by atoms with Crippen LogP contribution in [-0.2, 0) is 4.79 Å². The number of Topliss-reactive ketones (excluding diaryl/α,β-unsaturated/α-hetero) is 1. The van der Waals surface area contributed by atoms with Crippen LogP contribution < -0.4 is 5.32 Å². The number of nitriles is 1.